The third-order valence-electron chi connectivity index (χ3n) is 3.89. The summed E-state index contributed by atoms with van der Waals surface area (Å²) in [6.07, 6.45) is 9.50. The van der Waals surface area contributed by atoms with Gasteiger partial charge in [-0.2, -0.15) is 5.26 Å². The summed E-state index contributed by atoms with van der Waals surface area (Å²) in [5, 5.41) is 11.6. The van der Waals surface area contributed by atoms with Crippen LogP contribution in [0.2, 0.25) is 0 Å². The molecule has 1 aromatic carbocycles. The van der Waals surface area contributed by atoms with Gasteiger partial charge in [0.15, 0.2) is 21.2 Å². The monoisotopic (exact) mass is 366 g/mol. The lowest BCUT2D eigenvalue weighted by Gasteiger charge is -2.23. The van der Waals surface area contributed by atoms with E-state index in [4.69, 9.17) is 5.26 Å². The SMILES string of the molecule is CSC(=Nc1cc(N2CCCCCC2)ccc1S(C)(=O)=O)NC#N. The van der Waals surface area contributed by atoms with E-state index in [1.807, 2.05) is 12.3 Å². The first-order chi connectivity index (χ1) is 11.5. The number of nitrogens with zero attached hydrogens (tertiary/aromatic N) is 3. The van der Waals surface area contributed by atoms with E-state index in [9.17, 15) is 8.42 Å². The minimum absolute atomic E-state index is 0.173. The Kier molecular flexibility index (Phi) is 6.52. The fourth-order valence-corrected chi connectivity index (χ4v) is 3.85. The number of hydrogen-bond donors (Lipinski definition) is 1. The van der Waals surface area contributed by atoms with Crippen LogP contribution >= 0.6 is 11.8 Å². The topological polar surface area (TPSA) is 85.6 Å². The summed E-state index contributed by atoms with van der Waals surface area (Å²) in [4.78, 5) is 6.80. The molecule has 0 aromatic heterocycles. The van der Waals surface area contributed by atoms with Crippen LogP contribution in [0.15, 0.2) is 28.1 Å². The molecule has 0 radical (unpaired) electrons. The highest BCUT2D eigenvalue weighted by Gasteiger charge is 2.17. The van der Waals surface area contributed by atoms with Crippen LogP contribution in [-0.4, -0.2) is 39.2 Å². The Balaban J connectivity index is 2.47. The van der Waals surface area contributed by atoms with Gasteiger partial charge in [0.25, 0.3) is 0 Å². The lowest BCUT2D eigenvalue weighted by atomic mass is 10.2. The van der Waals surface area contributed by atoms with Gasteiger partial charge >= 0.3 is 0 Å². The maximum Gasteiger partial charge on any atom is 0.183 e. The maximum absolute atomic E-state index is 12.0. The van der Waals surface area contributed by atoms with E-state index >= 15 is 0 Å². The molecule has 24 heavy (non-hydrogen) atoms. The molecule has 1 aromatic rings. The summed E-state index contributed by atoms with van der Waals surface area (Å²) in [7, 11) is -3.40. The van der Waals surface area contributed by atoms with Gasteiger partial charge in [0.2, 0.25) is 0 Å². The maximum atomic E-state index is 12.0. The Morgan fingerprint density at radius 3 is 2.50 bits per heavy atom. The third-order valence-corrected chi connectivity index (χ3v) is 5.62. The number of amidine groups is 1. The number of sulfone groups is 1. The van der Waals surface area contributed by atoms with Gasteiger partial charge in [-0.1, -0.05) is 24.6 Å². The zero-order valence-corrected chi connectivity index (χ0v) is 15.6. The fourth-order valence-electron chi connectivity index (χ4n) is 2.71. The van der Waals surface area contributed by atoms with Gasteiger partial charge < -0.3 is 4.90 Å². The van der Waals surface area contributed by atoms with Gasteiger partial charge in [0, 0.05) is 25.0 Å². The molecule has 0 spiro atoms. The summed E-state index contributed by atoms with van der Waals surface area (Å²) in [6.45, 7) is 1.93. The fraction of sp³-hybridized carbons (Fsp3) is 0.500. The van der Waals surface area contributed by atoms with Crippen molar-refractivity contribution in [2.45, 2.75) is 30.6 Å². The van der Waals surface area contributed by atoms with E-state index < -0.39 is 9.84 Å². The molecule has 6 nitrogen and oxygen atoms in total. The predicted molar refractivity (Wildman–Crippen MR) is 99.6 cm³/mol. The smallest absolute Gasteiger partial charge is 0.183 e. The average Bonchev–Trinajstić information content (AvgIpc) is 2.82. The minimum atomic E-state index is -3.40. The summed E-state index contributed by atoms with van der Waals surface area (Å²) in [5.74, 6) is 0. The molecule has 2 rings (SSSR count). The van der Waals surface area contributed by atoms with Gasteiger partial charge in [-0.3, -0.25) is 5.32 Å². The second-order valence-electron chi connectivity index (χ2n) is 5.68. The quantitative estimate of drug-likeness (QED) is 0.383. The minimum Gasteiger partial charge on any atom is -0.371 e. The van der Waals surface area contributed by atoms with Crippen LogP contribution < -0.4 is 10.2 Å². The van der Waals surface area contributed by atoms with Crippen molar-refractivity contribution in [3.8, 4) is 6.19 Å². The lowest BCUT2D eigenvalue weighted by molar-refractivity contribution is 0.602. The summed E-state index contributed by atoms with van der Waals surface area (Å²) in [5.41, 5.74) is 1.34. The predicted octanol–water partition coefficient (Wildman–Crippen LogP) is 2.89. The molecule has 0 aliphatic carbocycles. The number of rotatable bonds is 3. The van der Waals surface area contributed by atoms with Crippen molar-refractivity contribution >= 4 is 38.1 Å². The molecule has 1 aliphatic rings. The molecule has 1 aliphatic heterocycles. The van der Waals surface area contributed by atoms with Crippen LogP contribution in [0.1, 0.15) is 25.7 Å². The van der Waals surface area contributed by atoms with Crippen molar-refractivity contribution in [3.63, 3.8) is 0 Å². The molecule has 0 unspecified atom stereocenters. The molecule has 0 amide bonds. The number of aliphatic imine (C=N–C) groups is 1. The molecule has 0 saturated carbocycles. The van der Waals surface area contributed by atoms with Gasteiger partial charge in [-0.15, -0.1) is 0 Å². The Bertz CT molecular complexity index is 746. The molecule has 1 heterocycles. The van der Waals surface area contributed by atoms with Gasteiger partial charge in [-0.05, 0) is 37.3 Å². The van der Waals surface area contributed by atoms with E-state index in [1.165, 1.54) is 30.9 Å². The Labute approximate surface area is 147 Å². The van der Waals surface area contributed by atoms with E-state index in [0.29, 0.717) is 10.9 Å². The molecule has 1 saturated heterocycles. The van der Waals surface area contributed by atoms with Crippen molar-refractivity contribution in [3.05, 3.63) is 18.2 Å². The van der Waals surface area contributed by atoms with Crippen LogP contribution in [0, 0.1) is 11.5 Å². The summed E-state index contributed by atoms with van der Waals surface area (Å²) < 4.78 is 24.1. The Hall–Kier alpha value is -1.72. The lowest BCUT2D eigenvalue weighted by Crippen LogP contribution is -2.23. The second-order valence-corrected chi connectivity index (χ2v) is 8.46. The zero-order valence-electron chi connectivity index (χ0n) is 13.9. The normalized spacial score (nSPS) is 16.4. The molecular weight excluding hydrogens is 344 g/mol. The van der Waals surface area contributed by atoms with Gasteiger partial charge in [0.05, 0.1) is 10.6 Å². The summed E-state index contributed by atoms with van der Waals surface area (Å²) in [6, 6.07) is 5.26. The second kappa shape index (κ2) is 8.40. The van der Waals surface area contributed by atoms with Crippen molar-refractivity contribution in [2.75, 3.05) is 30.5 Å². The van der Waals surface area contributed by atoms with E-state index in [2.05, 4.69) is 15.2 Å². The molecule has 1 N–H and O–H groups in total. The highest BCUT2D eigenvalue weighted by molar-refractivity contribution is 8.13. The first-order valence-electron chi connectivity index (χ1n) is 7.82. The molecule has 0 atom stereocenters. The Morgan fingerprint density at radius 1 is 1.29 bits per heavy atom. The largest absolute Gasteiger partial charge is 0.371 e. The molecular formula is C16H22N4O2S2. The zero-order chi connectivity index (χ0) is 17.6. The van der Waals surface area contributed by atoms with Crippen molar-refractivity contribution < 1.29 is 8.42 Å². The van der Waals surface area contributed by atoms with Crippen LogP contribution in [0.3, 0.4) is 0 Å². The highest BCUT2D eigenvalue weighted by Crippen LogP contribution is 2.31. The van der Waals surface area contributed by atoms with Gasteiger partial charge in [-0.25, -0.2) is 13.4 Å². The van der Waals surface area contributed by atoms with Crippen LogP contribution in [0.5, 0.6) is 0 Å². The molecule has 130 valence electrons. The number of benzene rings is 1. The molecule has 8 heteroatoms. The number of nitriles is 1. The average molecular weight is 367 g/mol. The van der Waals surface area contributed by atoms with E-state index in [-0.39, 0.29) is 4.90 Å². The number of thioether (sulfide) groups is 1. The Morgan fingerprint density at radius 2 is 1.96 bits per heavy atom. The van der Waals surface area contributed by atoms with Gasteiger partial charge in [0.1, 0.15) is 0 Å². The highest BCUT2D eigenvalue weighted by atomic mass is 32.2. The van der Waals surface area contributed by atoms with Crippen LogP contribution in [0.25, 0.3) is 0 Å². The van der Waals surface area contributed by atoms with E-state index in [1.54, 1.807) is 18.4 Å². The summed E-state index contributed by atoms with van der Waals surface area (Å²) >= 11 is 1.26. The molecule has 1 fully saturated rings. The van der Waals surface area contributed by atoms with Crippen molar-refractivity contribution in [1.82, 2.24) is 5.32 Å². The first-order valence-corrected chi connectivity index (χ1v) is 10.9. The van der Waals surface area contributed by atoms with Crippen molar-refractivity contribution in [2.24, 2.45) is 4.99 Å². The molecule has 0 bridgehead atoms. The van der Waals surface area contributed by atoms with Crippen LogP contribution in [0.4, 0.5) is 11.4 Å². The standard InChI is InChI=1S/C16H22N4O2S2/c1-23-16(18-12-17)19-14-11-13(7-8-15(14)24(2,21)22)20-9-5-3-4-6-10-20/h7-8,11H,3-6,9-10H2,1-2H3,(H,18,19). The van der Waals surface area contributed by atoms with Crippen LogP contribution in [-0.2, 0) is 9.84 Å². The number of nitrogens with one attached hydrogen (secondary N) is 1. The number of anilines is 1. The third kappa shape index (κ3) is 4.89. The first kappa shape index (κ1) is 18.6. The van der Waals surface area contributed by atoms with E-state index in [0.717, 1.165) is 31.6 Å². The number of hydrogen-bond acceptors (Lipinski definition) is 6. The van der Waals surface area contributed by atoms with Crippen molar-refractivity contribution in [1.29, 1.82) is 5.26 Å².